The monoisotopic (exact) mass is 329 g/mol. The van der Waals surface area contributed by atoms with Gasteiger partial charge in [-0.2, -0.15) is 0 Å². The van der Waals surface area contributed by atoms with Gasteiger partial charge < -0.3 is 9.26 Å². The number of terminal acetylenes is 1. The molecule has 0 heterocycles. The lowest BCUT2D eigenvalue weighted by atomic mass is 10.2. The zero-order chi connectivity index (χ0) is 15.9. The molecule has 0 radical (unpaired) electrons. The van der Waals surface area contributed by atoms with Crippen LogP contribution in [0.4, 0.5) is 0 Å². The lowest BCUT2D eigenvalue weighted by Crippen LogP contribution is -2.36. The highest BCUT2D eigenvalue weighted by Gasteiger charge is 2.28. The molecule has 1 N–H and O–H groups in total. The van der Waals surface area contributed by atoms with Gasteiger partial charge in [0.05, 0.1) is 6.10 Å². The summed E-state index contributed by atoms with van der Waals surface area (Å²) in [6.45, 7) is -0.401. The van der Waals surface area contributed by atoms with Crippen LogP contribution < -0.4 is 9.61 Å². The van der Waals surface area contributed by atoms with Crippen LogP contribution in [0.5, 0.6) is 5.75 Å². The number of benzene rings is 1. The molecule has 1 rings (SSSR count). The fraction of sp³-hybridized carbons (Fsp3) is 0.357. The zero-order valence-corrected chi connectivity index (χ0v) is 13.4. The molecule has 0 saturated heterocycles. The van der Waals surface area contributed by atoms with Gasteiger partial charge in [0.15, 0.2) is 5.78 Å². The van der Waals surface area contributed by atoms with Crippen LogP contribution in [-0.2, 0) is 14.1 Å². The molecule has 0 aromatic heterocycles. The predicted molar refractivity (Wildman–Crippen MR) is 82.4 cm³/mol. The summed E-state index contributed by atoms with van der Waals surface area (Å²) in [5.41, 5.74) is 0. The van der Waals surface area contributed by atoms with Crippen molar-refractivity contribution < 1.29 is 18.6 Å². The van der Waals surface area contributed by atoms with Gasteiger partial charge in [-0.1, -0.05) is 24.1 Å². The summed E-state index contributed by atoms with van der Waals surface area (Å²) in [6, 6.07) is 7.21. The van der Waals surface area contributed by atoms with Crippen LogP contribution in [0.2, 0.25) is 0 Å². The van der Waals surface area contributed by atoms with Crippen molar-refractivity contribution in [3.05, 3.63) is 30.3 Å². The van der Waals surface area contributed by atoms with E-state index in [9.17, 15) is 9.36 Å². The van der Waals surface area contributed by atoms with E-state index in [4.69, 9.17) is 26.9 Å². The number of hydrogen-bond acceptors (Lipinski definition) is 4. The second-order valence-corrected chi connectivity index (χ2v) is 7.17. The Morgan fingerprint density at radius 1 is 1.43 bits per heavy atom. The number of carbonyl (C=O) groups is 1. The lowest BCUT2D eigenvalue weighted by molar-refractivity contribution is -0.125. The van der Waals surface area contributed by atoms with Crippen LogP contribution in [0.3, 0.4) is 0 Å². The van der Waals surface area contributed by atoms with Crippen molar-refractivity contribution in [2.24, 2.45) is 0 Å². The Bertz CT molecular complexity index is 556. The molecule has 0 fully saturated rings. The van der Waals surface area contributed by atoms with Crippen molar-refractivity contribution >= 4 is 23.9 Å². The summed E-state index contributed by atoms with van der Waals surface area (Å²) >= 11 is 5.78. The van der Waals surface area contributed by atoms with E-state index < -0.39 is 18.7 Å². The molecule has 21 heavy (non-hydrogen) atoms. The van der Waals surface area contributed by atoms with Gasteiger partial charge in [0, 0.05) is 11.2 Å². The van der Waals surface area contributed by atoms with Crippen molar-refractivity contribution in [1.82, 2.24) is 5.09 Å². The van der Waals surface area contributed by atoms with E-state index in [0.29, 0.717) is 5.75 Å². The molecule has 0 amide bonds. The Hall–Kier alpha value is -1.31. The average molecular weight is 330 g/mol. The maximum absolute atomic E-state index is 12.1. The summed E-state index contributed by atoms with van der Waals surface area (Å²) < 4.78 is 22.4. The number of Topliss-reactive ketones (excluding diaryl/α,β-unsaturated/α-hetero) is 1. The zero-order valence-electron chi connectivity index (χ0n) is 11.8. The number of hydrogen-bond donors (Lipinski definition) is 1. The molecule has 1 aromatic rings. The van der Waals surface area contributed by atoms with Gasteiger partial charge in [0.2, 0.25) is 0 Å². The van der Waals surface area contributed by atoms with Gasteiger partial charge in [-0.05, 0) is 26.0 Å². The summed E-state index contributed by atoms with van der Waals surface area (Å²) in [5, 5.41) is 2.35. The first-order chi connectivity index (χ1) is 9.84. The van der Waals surface area contributed by atoms with E-state index in [0.717, 1.165) is 0 Å². The van der Waals surface area contributed by atoms with Gasteiger partial charge in [-0.25, -0.2) is 9.65 Å². The van der Waals surface area contributed by atoms with Crippen molar-refractivity contribution in [2.45, 2.75) is 26.0 Å². The minimum Gasteiger partial charge on any atom is -0.422 e. The number of ether oxygens (including phenoxy) is 1. The quantitative estimate of drug-likeness (QED) is 0.586. The number of rotatable bonds is 8. The maximum Gasteiger partial charge on any atom is 0.410 e. The highest BCUT2D eigenvalue weighted by Crippen LogP contribution is 2.48. The normalized spacial score (nSPS) is 15.0. The molecule has 0 saturated carbocycles. The number of nitrogens with one attached hydrogen (secondary N) is 1. The highest BCUT2D eigenvalue weighted by atomic mass is 35.7. The summed E-state index contributed by atoms with van der Waals surface area (Å²) in [6.07, 6.45) is 5.14. The molecule has 114 valence electrons. The van der Waals surface area contributed by atoms with Crippen LogP contribution in [0.25, 0.3) is 0 Å². The molecule has 0 aliphatic rings. The second-order valence-electron chi connectivity index (χ2n) is 4.44. The second kappa shape index (κ2) is 8.21. The topological polar surface area (TPSA) is 64.6 Å². The molecule has 0 aliphatic carbocycles. The number of ketones is 1. The third kappa shape index (κ3) is 6.79. The summed E-state index contributed by atoms with van der Waals surface area (Å²) in [4.78, 5) is 11.8. The molecule has 7 heteroatoms. The Balaban J connectivity index is 2.65. The Morgan fingerprint density at radius 2 is 2.05 bits per heavy atom. The van der Waals surface area contributed by atoms with E-state index in [2.05, 4.69) is 11.0 Å². The van der Waals surface area contributed by atoms with Crippen molar-refractivity contribution in [3.8, 4) is 18.1 Å². The molecule has 2 atom stereocenters. The maximum atomic E-state index is 12.1. The molecule has 5 nitrogen and oxygen atoms in total. The average Bonchev–Trinajstić information content (AvgIpc) is 2.42. The first-order valence-corrected chi connectivity index (χ1v) is 8.79. The van der Waals surface area contributed by atoms with Crippen molar-refractivity contribution in [1.29, 1.82) is 0 Å². The van der Waals surface area contributed by atoms with Crippen LogP contribution >= 0.6 is 18.1 Å². The van der Waals surface area contributed by atoms with E-state index in [1.807, 2.05) is 0 Å². The number of para-hydroxylation sites is 1. The smallest absolute Gasteiger partial charge is 0.410 e. The van der Waals surface area contributed by atoms with Gasteiger partial charge >= 0.3 is 6.87 Å². The van der Waals surface area contributed by atoms with E-state index in [1.54, 1.807) is 44.2 Å². The Kier molecular flexibility index (Phi) is 6.94. The van der Waals surface area contributed by atoms with E-state index in [1.165, 1.54) is 0 Å². The molecule has 0 bridgehead atoms. The minimum atomic E-state index is -3.79. The number of halogens is 1. The minimum absolute atomic E-state index is 0.115. The summed E-state index contributed by atoms with van der Waals surface area (Å²) in [5.74, 6) is 2.06. The lowest BCUT2D eigenvalue weighted by Gasteiger charge is -2.18. The van der Waals surface area contributed by atoms with Gasteiger partial charge in [0.25, 0.3) is 0 Å². The van der Waals surface area contributed by atoms with Crippen LogP contribution in [-0.4, -0.2) is 24.5 Å². The van der Waals surface area contributed by atoms with Crippen LogP contribution in [0.1, 0.15) is 13.8 Å². The highest BCUT2D eigenvalue weighted by molar-refractivity contribution is 7.84. The van der Waals surface area contributed by atoms with Gasteiger partial charge in [0.1, 0.15) is 18.4 Å². The molecule has 1 aromatic carbocycles. The SMILES string of the molecule is C#C[C@H](NP(=O)(Cl)Oc1ccccc1)C(=O)COC(C)C. The van der Waals surface area contributed by atoms with Crippen LogP contribution in [0, 0.1) is 12.3 Å². The molecular formula is C14H17ClNO4P. The number of carbonyl (C=O) groups excluding carboxylic acids is 1. The largest absolute Gasteiger partial charge is 0.422 e. The van der Waals surface area contributed by atoms with E-state index >= 15 is 0 Å². The molecule has 0 aliphatic heterocycles. The Labute approximate surface area is 129 Å². The summed E-state index contributed by atoms with van der Waals surface area (Å²) in [7, 11) is 0. The molecule has 0 spiro atoms. The van der Waals surface area contributed by atoms with Gasteiger partial charge in [-0.3, -0.25) is 4.79 Å². The van der Waals surface area contributed by atoms with Crippen molar-refractivity contribution in [3.63, 3.8) is 0 Å². The Morgan fingerprint density at radius 3 is 2.57 bits per heavy atom. The molecule has 1 unspecified atom stereocenters. The first-order valence-electron chi connectivity index (χ1n) is 6.26. The fourth-order valence-electron chi connectivity index (χ4n) is 1.33. The van der Waals surface area contributed by atoms with E-state index in [-0.39, 0.29) is 12.7 Å². The molecular weight excluding hydrogens is 313 g/mol. The van der Waals surface area contributed by atoms with Crippen LogP contribution in [0.15, 0.2) is 30.3 Å². The van der Waals surface area contributed by atoms with Crippen molar-refractivity contribution in [2.75, 3.05) is 6.61 Å². The van der Waals surface area contributed by atoms with Gasteiger partial charge in [-0.15, -0.1) is 6.42 Å². The third-order valence-electron chi connectivity index (χ3n) is 2.30. The fourth-order valence-corrected chi connectivity index (χ4v) is 2.84. The predicted octanol–water partition coefficient (Wildman–Crippen LogP) is 3.00. The standard InChI is InChI=1S/C14H17ClNO4P/c1-4-13(14(17)10-19-11(2)3)16-21(15,18)20-12-8-6-5-7-9-12/h1,5-9,11,13H,10H2,2-3H3,(H,16,18)/t13-,21?/m0/s1. The third-order valence-corrected chi connectivity index (χ3v) is 3.81. The first kappa shape index (κ1) is 17.7.